The first kappa shape index (κ1) is 13.6. The fraction of sp³-hybridized carbons (Fsp3) is 0.462. The van der Waals surface area contributed by atoms with Gasteiger partial charge in [-0.25, -0.2) is 4.39 Å². The highest BCUT2D eigenvalue weighted by molar-refractivity contribution is 5.84. The van der Waals surface area contributed by atoms with E-state index in [0.717, 1.165) is 19.4 Å². The van der Waals surface area contributed by atoms with E-state index in [0.29, 0.717) is 24.1 Å². The molecule has 0 saturated carbocycles. The molecular weight excluding hydrogens is 221 g/mol. The monoisotopic (exact) mass is 239 g/mol. The second kappa shape index (κ2) is 7.01. The van der Waals surface area contributed by atoms with Crippen molar-refractivity contribution in [3.05, 3.63) is 29.6 Å². The summed E-state index contributed by atoms with van der Waals surface area (Å²) in [7, 11) is 0. The zero-order valence-electron chi connectivity index (χ0n) is 10.0. The van der Waals surface area contributed by atoms with E-state index in [4.69, 9.17) is 5.11 Å². The Labute approximate surface area is 101 Å². The average molecular weight is 239 g/mol. The fourth-order valence-corrected chi connectivity index (χ4v) is 1.73. The maximum atomic E-state index is 13.0. The summed E-state index contributed by atoms with van der Waals surface area (Å²) < 4.78 is 13.0. The Balaban J connectivity index is 2.95. The first-order valence-corrected chi connectivity index (χ1v) is 5.83. The molecule has 0 fully saturated rings. The van der Waals surface area contributed by atoms with Gasteiger partial charge in [-0.1, -0.05) is 13.3 Å². The van der Waals surface area contributed by atoms with Crippen molar-refractivity contribution in [2.45, 2.75) is 19.8 Å². The Hall–Kier alpha value is -1.42. The van der Waals surface area contributed by atoms with Crippen molar-refractivity contribution in [3.8, 4) is 0 Å². The number of aldehydes is 1. The molecular formula is C13H18FNO2. The van der Waals surface area contributed by atoms with Crippen LogP contribution in [0, 0.1) is 5.82 Å². The molecule has 3 nitrogen and oxygen atoms in total. The topological polar surface area (TPSA) is 40.5 Å². The highest BCUT2D eigenvalue weighted by Gasteiger charge is 2.11. The molecule has 4 heteroatoms. The molecule has 0 aliphatic heterocycles. The third-order valence-electron chi connectivity index (χ3n) is 2.61. The van der Waals surface area contributed by atoms with Crippen LogP contribution in [0.1, 0.15) is 30.1 Å². The summed E-state index contributed by atoms with van der Waals surface area (Å²) in [6, 6.07) is 4.14. The molecule has 1 N–H and O–H groups in total. The van der Waals surface area contributed by atoms with Crippen LogP contribution in [0.4, 0.5) is 10.1 Å². The fourth-order valence-electron chi connectivity index (χ4n) is 1.73. The number of benzene rings is 1. The van der Waals surface area contributed by atoms with Crippen LogP contribution in [0.15, 0.2) is 18.2 Å². The number of carbonyl (C=O) groups excluding carboxylic acids is 1. The van der Waals surface area contributed by atoms with Gasteiger partial charge in [-0.2, -0.15) is 0 Å². The number of rotatable bonds is 7. The Morgan fingerprint density at radius 2 is 2.18 bits per heavy atom. The third kappa shape index (κ3) is 3.82. The summed E-state index contributed by atoms with van der Waals surface area (Å²) in [6.45, 7) is 3.29. The van der Waals surface area contributed by atoms with Crippen LogP contribution in [0.5, 0.6) is 0 Å². The number of anilines is 1. The van der Waals surface area contributed by atoms with Crippen LogP contribution in [0.3, 0.4) is 0 Å². The average Bonchev–Trinajstić information content (AvgIpc) is 2.34. The molecule has 94 valence electrons. The SMILES string of the molecule is CCCCN(CCO)c1ccc(F)cc1C=O. The second-order valence-corrected chi connectivity index (χ2v) is 3.89. The number of carbonyl (C=O) groups is 1. The van der Waals surface area contributed by atoms with Gasteiger partial charge in [0.05, 0.1) is 6.61 Å². The van der Waals surface area contributed by atoms with Crippen LogP contribution in [0.25, 0.3) is 0 Å². The molecule has 0 bridgehead atoms. The molecule has 0 aliphatic carbocycles. The maximum absolute atomic E-state index is 13.0. The van der Waals surface area contributed by atoms with Crippen LogP contribution < -0.4 is 4.90 Å². The molecule has 17 heavy (non-hydrogen) atoms. The summed E-state index contributed by atoms with van der Waals surface area (Å²) in [5.74, 6) is -0.421. The van der Waals surface area contributed by atoms with Crippen molar-refractivity contribution < 1.29 is 14.3 Å². The number of aliphatic hydroxyl groups is 1. The Morgan fingerprint density at radius 1 is 1.41 bits per heavy atom. The first-order chi connectivity index (χ1) is 8.22. The minimum Gasteiger partial charge on any atom is -0.395 e. The van der Waals surface area contributed by atoms with E-state index < -0.39 is 5.82 Å². The maximum Gasteiger partial charge on any atom is 0.152 e. The summed E-state index contributed by atoms with van der Waals surface area (Å²) in [5.41, 5.74) is 1.01. The lowest BCUT2D eigenvalue weighted by molar-refractivity contribution is 0.112. The molecule has 0 aliphatic rings. The highest BCUT2D eigenvalue weighted by Crippen LogP contribution is 2.20. The van der Waals surface area contributed by atoms with E-state index >= 15 is 0 Å². The highest BCUT2D eigenvalue weighted by atomic mass is 19.1. The van der Waals surface area contributed by atoms with E-state index in [1.807, 2.05) is 4.90 Å². The lowest BCUT2D eigenvalue weighted by Crippen LogP contribution is -2.28. The van der Waals surface area contributed by atoms with Crippen molar-refractivity contribution in [2.75, 3.05) is 24.6 Å². The van der Waals surface area contributed by atoms with Crippen LogP contribution in [-0.4, -0.2) is 31.1 Å². The van der Waals surface area contributed by atoms with Gasteiger partial charge in [0, 0.05) is 24.3 Å². The Kier molecular flexibility index (Phi) is 5.63. The molecule has 0 aromatic heterocycles. The summed E-state index contributed by atoms with van der Waals surface area (Å²) >= 11 is 0. The quantitative estimate of drug-likeness (QED) is 0.742. The van der Waals surface area contributed by atoms with Gasteiger partial charge in [-0.05, 0) is 24.6 Å². The van der Waals surface area contributed by atoms with Crippen LogP contribution in [0.2, 0.25) is 0 Å². The van der Waals surface area contributed by atoms with Gasteiger partial charge in [0.25, 0.3) is 0 Å². The van der Waals surface area contributed by atoms with Crippen LogP contribution >= 0.6 is 0 Å². The van der Waals surface area contributed by atoms with Crippen LogP contribution in [-0.2, 0) is 0 Å². The summed E-state index contributed by atoms with van der Waals surface area (Å²) in [6.07, 6.45) is 2.64. The number of aliphatic hydroxyl groups excluding tert-OH is 1. The molecule has 0 unspecified atom stereocenters. The largest absolute Gasteiger partial charge is 0.395 e. The Morgan fingerprint density at radius 3 is 2.76 bits per heavy atom. The molecule has 1 aromatic carbocycles. The van der Waals surface area contributed by atoms with E-state index in [1.165, 1.54) is 12.1 Å². The molecule has 1 aromatic rings. The van der Waals surface area contributed by atoms with Gasteiger partial charge in [0.2, 0.25) is 0 Å². The van der Waals surface area contributed by atoms with Crippen molar-refractivity contribution >= 4 is 12.0 Å². The lowest BCUT2D eigenvalue weighted by atomic mass is 10.1. The predicted molar refractivity (Wildman–Crippen MR) is 66.0 cm³/mol. The molecule has 0 saturated heterocycles. The number of hydrogen-bond acceptors (Lipinski definition) is 3. The first-order valence-electron chi connectivity index (χ1n) is 5.83. The molecule has 0 radical (unpaired) electrons. The van der Waals surface area contributed by atoms with Gasteiger partial charge in [0.1, 0.15) is 5.82 Å². The van der Waals surface area contributed by atoms with E-state index in [9.17, 15) is 9.18 Å². The number of halogens is 1. The normalized spacial score (nSPS) is 10.3. The number of hydrogen-bond donors (Lipinski definition) is 1. The molecule has 0 amide bonds. The smallest absolute Gasteiger partial charge is 0.152 e. The molecule has 0 spiro atoms. The number of nitrogens with zero attached hydrogens (tertiary/aromatic N) is 1. The molecule has 1 rings (SSSR count). The lowest BCUT2D eigenvalue weighted by Gasteiger charge is -2.25. The van der Waals surface area contributed by atoms with Crippen molar-refractivity contribution in [3.63, 3.8) is 0 Å². The zero-order valence-corrected chi connectivity index (χ0v) is 10.0. The predicted octanol–water partition coefficient (Wildman–Crippen LogP) is 2.24. The zero-order chi connectivity index (χ0) is 12.7. The van der Waals surface area contributed by atoms with E-state index in [-0.39, 0.29) is 6.61 Å². The number of unbranched alkanes of at least 4 members (excludes halogenated alkanes) is 1. The summed E-state index contributed by atoms with van der Waals surface area (Å²) in [4.78, 5) is 12.8. The molecule has 0 atom stereocenters. The van der Waals surface area contributed by atoms with Gasteiger partial charge >= 0.3 is 0 Å². The third-order valence-corrected chi connectivity index (χ3v) is 2.61. The molecule has 0 heterocycles. The van der Waals surface area contributed by atoms with Gasteiger partial charge in [-0.3, -0.25) is 4.79 Å². The van der Waals surface area contributed by atoms with Crippen molar-refractivity contribution in [1.29, 1.82) is 0 Å². The minimum atomic E-state index is -0.421. The standard InChI is InChI=1S/C13H18FNO2/c1-2-3-6-15(7-8-16)13-5-4-12(14)9-11(13)10-17/h4-5,9-10,16H,2-3,6-8H2,1H3. The second-order valence-electron chi connectivity index (χ2n) is 3.89. The minimum absolute atomic E-state index is 0.0133. The van der Waals surface area contributed by atoms with Crippen molar-refractivity contribution in [1.82, 2.24) is 0 Å². The van der Waals surface area contributed by atoms with Gasteiger partial charge < -0.3 is 10.0 Å². The Bertz CT molecular complexity index is 368. The van der Waals surface area contributed by atoms with E-state index in [2.05, 4.69) is 6.92 Å². The van der Waals surface area contributed by atoms with Gasteiger partial charge in [0.15, 0.2) is 6.29 Å². The summed E-state index contributed by atoms with van der Waals surface area (Å²) in [5, 5.41) is 9.01. The van der Waals surface area contributed by atoms with Crippen molar-refractivity contribution in [2.24, 2.45) is 0 Å². The van der Waals surface area contributed by atoms with E-state index in [1.54, 1.807) is 6.07 Å². The van der Waals surface area contributed by atoms with Gasteiger partial charge in [-0.15, -0.1) is 0 Å².